The lowest BCUT2D eigenvalue weighted by atomic mass is 9.94. The molecule has 1 aliphatic heterocycles. The second-order valence-electron chi connectivity index (χ2n) is 7.09. The van der Waals surface area contributed by atoms with E-state index in [4.69, 9.17) is 0 Å². The Morgan fingerprint density at radius 3 is 3.00 bits per heavy atom. The van der Waals surface area contributed by atoms with E-state index in [1.807, 2.05) is 46.9 Å². The Balaban J connectivity index is 1.51. The molecule has 1 amide bonds. The number of fused-ring (bicyclic) bond motifs is 1. The monoisotopic (exact) mass is 349 g/mol. The third-order valence-corrected chi connectivity index (χ3v) is 5.32. The van der Waals surface area contributed by atoms with Crippen molar-refractivity contribution in [3.8, 4) is 0 Å². The lowest BCUT2D eigenvalue weighted by Crippen LogP contribution is -2.34. The lowest BCUT2D eigenvalue weighted by Gasteiger charge is -2.28. The van der Waals surface area contributed by atoms with Crippen LogP contribution in [0.15, 0.2) is 55.4 Å². The predicted molar refractivity (Wildman–Crippen MR) is 99.9 cm³/mol. The molecule has 1 fully saturated rings. The maximum Gasteiger partial charge on any atom is 0.253 e. The maximum absolute atomic E-state index is 12.9. The average Bonchev–Trinajstić information content (AvgIpc) is 3.27. The van der Waals surface area contributed by atoms with Crippen molar-refractivity contribution in [1.82, 2.24) is 24.2 Å². The number of rotatable bonds is 4. The van der Waals surface area contributed by atoms with E-state index in [9.17, 15) is 4.79 Å². The first-order valence-corrected chi connectivity index (χ1v) is 8.91. The smallest absolute Gasteiger partial charge is 0.253 e. The van der Waals surface area contributed by atoms with Gasteiger partial charge in [-0.1, -0.05) is 6.07 Å². The molecule has 0 spiro atoms. The van der Waals surface area contributed by atoms with Gasteiger partial charge >= 0.3 is 0 Å². The SMILES string of the molecule is CN(C[C@@H]1CCN(C)[C@H]1c1cccnc1)C(=O)c1ccn2cncc2c1. The summed E-state index contributed by atoms with van der Waals surface area (Å²) in [5, 5.41) is 0. The van der Waals surface area contributed by atoms with Gasteiger partial charge in [0.05, 0.1) is 18.0 Å². The number of amides is 1. The van der Waals surface area contributed by atoms with Crippen molar-refractivity contribution in [3.63, 3.8) is 0 Å². The number of aromatic nitrogens is 3. The molecule has 0 unspecified atom stereocenters. The fourth-order valence-corrected chi connectivity index (χ4v) is 4.00. The third-order valence-electron chi connectivity index (χ3n) is 5.32. The summed E-state index contributed by atoms with van der Waals surface area (Å²) in [5.74, 6) is 0.449. The molecule has 6 nitrogen and oxygen atoms in total. The molecule has 0 aromatic carbocycles. The minimum Gasteiger partial charge on any atom is -0.341 e. The van der Waals surface area contributed by atoms with Crippen LogP contribution < -0.4 is 0 Å². The van der Waals surface area contributed by atoms with Crippen LogP contribution in [0.1, 0.15) is 28.4 Å². The van der Waals surface area contributed by atoms with E-state index in [0.717, 1.165) is 25.0 Å². The van der Waals surface area contributed by atoms with Crippen LogP contribution in [0.5, 0.6) is 0 Å². The quantitative estimate of drug-likeness (QED) is 0.726. The van der Waals surface area contributed by atoms with Crippen LogP contribution in [0, 0.1) is 5.92 Å². The standard InChI is InChI=1S/C20H23N5O/c1-23-8-5-17(19(23)16-4-3-7-21-11-16)13-24(2)20(26)15-6-9-25-14-22-12-18(25)10-15/h3-4,6-7,9-12,14,17,19H,5,8,13H2,1-2H3/t17-,19-/m0/s1. The van der Waals surface area contributed by atoms with E-state index < -0.39 is 0 Å². The Morgan fingerprint density at radius 2 is 2.19 bits per heavy atom. The number of imidazole rings is 1. The minimum atomic E-state index is 0.0492. The molecule has 1 aliphatic rings. The fraction of sp³-hybridized carbons (Fsp3) is 0.350. The van der Waals surface area contributed by atoms with E-state index >= 15 is 0 Å². The number of pyridine rings is 2. The van der Waals surface area contributed by atoms with Gasteiger partial charge in [-0.3, -0.25) is 14.7 Å². The highest BCUT2D eigenvalue weighted by molar-refractivity contribution is 5.95. The number of carbonyl (C=O) groups excluding carboxylic acids is 1. The zero-order valence-electron chi connectivity index (χ0n) is 15.1. The van der Waals surface area contributed by atoms with Crippen LogP contribution in [0.3, 0.4) is 0 Å². The maximum atomic E-state index is 12.9. The second-order valence-corrected chi connectivity index (χ2v) is 7.09. The number of likely N-dealkylation sites (tertiary alicyclic amines) is 1. The van der Waals surface area contributed by atoms with Gasteiger partial charge in [0.15, 0.2) is 0 Å². The number of nitrogens with zero attached hydrogens (tertiary/aromatic N) is 5. The molecule has 0 radical (unpaired) electrons. The molecule has 1 saturated heterocycles. The largest absolute Gasteiger partial charge is 0.341 e. The molecular weight excluding hydrogens is 326 g/mol. The van der Waals surface area contributed by atoms with Crippen LogP contribution in [-0.2, 0) is 0 Å². The predicted octanol–water partition coefficient (Wildman–Crippen LogP) is 2.49. The highest BCUT2D eigenvalue weighted by Crippen LogP contribution is 2.36. The molecule has 0 bridgehead atoms. The number of hydrogen-bond donors (Lipinski definition) is 0. The summed E-state index contributed by atoms with van der Waals surface area (Å²) >= 11 is 0. The Morgan fingerprint density at radius 1 is 1.31 bits per heavy atom. The van der Waals surface area contributed by atoms with Crippen molar-refractivity contribution in [1.29, 1.82) is 0 Å². The molecule has 6 heteroatoms. The first kappa shape index (κ1) is 16.7. The van der Waals surface area contributed by atoms with Gasteiger partial charge < -0.3 is 9.30 Å². The summed E-state index contributed by atoms with van der Waals surface area (Å²) in [6.45, 7) is 1.77. The van der Waals surface area contributed by atoms with Gasteiger partial charge in [0.2, 0.25) is 0 Å². The Hall–Kier alpha value is -2.73. The van der Waals surface area contributed by atoms with Gasteiger partial charge in [0.25, 0.3) is 5.91 Å². The van der Waals surface area contributed by atoms with E-state index in [-0.39, 0.29) is 5.91 Å². The lowest BCUT2D eigenvalue weighted by molar-refractivity contribution is 0.0761. The molecule has 4 heterocycles. The van der Waals surface area contributed by atoms with Crippen LogP contribution in [-0.4, -0.2) is 57.3 Å². The van der Waals surface area contributed by atoms with Crippen molar-refractivity contribution < 1.29 is 4.79 Å². The summed E-state index contributed by atoms with van der Waals surface area (Å²) in [4.78, 5) is 25.5. The van der Waals surface area contributed by atoms with Crippen molar-refractivity contribution >= 4 is 11.4 Å². The average molecular weight is 349 g/mol. The van der Waals surface area contributed by atoms with Gasteiger partial charge in [0, 0.05) is 43.8 Å². The molecular formula is C20H23N5O. The highest BCUT2D eigenvalue weighted by atomic mass is 16.2. The van der Waals surface area contributed by atoms with Crippen LogP contribution in [0.25, 0.3) is 5.52 Å². The van der Waals surface area contributed by atoms with E-state index in [1.54, 1.807) is 18.7 Å². The zero-order chi connectivity index (χ0) is 18.1. The summed E-state index contributed by atoms with van der Waals surface area (Å²) in [5.41, 5.74) is 2.85. The van der Waals surface area contributed by atoms with E-state index in [1.165, 1.54) is 5.56 Å². The van der Waals surface area contributed by atoms with Crippen molar-refractivity contribution in [3.05, 3.63) is 66.5 Å². The van der Waals surface area contributed by atoms with Crippen molar-refractivity contribution in [2.75, 3.05) is 27.2 Å². The van der Waals surface area contributed by atoms with Crippen LogP contribution in [0.4, 0.5) is 0 Å². The van der Waals surface area contributed by atoms with Crippen LogP contribution in [0.2, 0.25) is 0 Å². The number of hydrogen-bond acceptors (Lipinski definition) is 4. The topological polar surface area (TPSA) is 53.7 Å². The third kappa shape index (κ3) is 3.08. The van der Waals surface area contributed by atoms with Gasteiger partial charge in [-0.2, -0.15) is 0 Å². The van der Waals surface area contributed by atoms with Gasteiger partial charge in [0.1, 0.15) is 0 Å². The first-order chi connectivity index (χ1) is 12.6. The molecule has 26 heavy (non-hydrogen) atoms. The molecule has 0 saturated carbocycles. The molecule has 2 atom stereocenters. The highest BCUT2D eigenvalue weighted by Gasteiger charge is 2.34. The molecule has 3 aromatic rings. The zero-order valence-corrected chi connectivity index (χ0v) is 15.1. The first-order valence-electron chi connectivity index (χ1n) is 8.91. The number of carbonyl (C=O) groups is 1. The molecule has 3 aromatic heterocycles. The minimum absolute atomic E-state index is 0.0492. The summed E-state index contributed by atoms with van der Waals surface area (Å²) in [7, 11) is 4.04. The van der Waals surface area contributed by atoms with Crippen molar-refractivity contribution in [2.45, 2.75) is 12.5 Å². The molecule has 4 rings (SSSR count). The summed E-state index contributed by atoms with van der Waals surface area (Å²) in [6, 6.07) is 8.16. The molecule has 0 aliphatic carbocycles. The van der Waals surface area contributed by atoms with Gasteiger partial charge in [-0.25, -0.2) is 4.98 Å². The van der Waals surface area contributed by atoms with E-state index in [2.05, 4.69) is 28.0 Å². The summed E-state index contributed by atoms with van der Waals surface area (Å²) in [6.07, 6.45) is 10.2. The van der Waals surface area contributed by atoms with Crippen LogP contribution >= 0.6 is 0 Å². The molecule has 134 valence electrons. The second kappa shape index (κ2) is 6.88. The summed E-state index contributed by atoms with van der Waals surface area (Å²) < 4.78 is 1.90. The Labute approximate surface area is 153 Å². The van der Waals surface area contributed by atoms with Gasteiger partial charge in [-0.15, -0.1) is 0 Å². The normalized spacial score (nSPS) is 20.5. The fourth-order valence-electron chi connectivity index (χ4n) is 4.00. The van der Waals surface area contributed by atoms with Gasteiger partial charge in [-0.05, 0) is 49.7 Å². The van der Waals surface area contributed by atoms with Crippen molar-refractivity contribution in [2.24, 2.45) is 5.92 Å². The molecule has 0 N–H and O–H groups in total. The van der Waals surface area contributed by atoms with E-state index in [0.29, 0.717) is 17.5 Å². The Bertz CT molecular complexity index is 907. The Kier molecular flexibility index (Phi) is 4.42.